The van der Waals surface area contributed by atoms with Gasteiger partial charge in [-0.3, -0.25) is 14.5 Å². The Balaban J connectivity index is 1.75. The molecule has 2 N–H and O–H groups in total. The molecule has 4 rings (SSSR count). The summed E-state index contributed by atoms with van der Waals surface area (Å²) in [5.41, 5.74) is 5.25. The van der Waals surface area contributed by atoms with Crippen molar-refractivity contribution in [1.82, 2.24) is 4.98 Å². The molecule has 0 aliphatic heterocycles. The van der Waals surface area contributed by atoms with Crippen LogP contribution in [0, 0.1) is 37.0 Å². The number of hydrogen-bond acceptors (Lipinski definition) is 5. The van der Waals surface area contributed by atoms with Gasteiger partial charge in [0.2, 0.25) is 0 Å². The molecule has 1 heterocycles. The third-order valence-electron chi connectivity index (χ3n) is 8.28. The molecule has 1 aromatic heterocycles. The van der Waals surface area contributed by atoms with Gasteiger partial charge >= 0.3 is 11.9 Å². The summed E-state index contributed by atoms with van der Waals surface area (Å²) in [7, 11) is 1.83. The van der Waals surface area contributed by atoms with E-state index in [-0.39, 0.29) is 17.4 Å². The molecule has 2 fully saturated rings. The number of carboxylic acid groups (broad SMARTS) is 1. The molecule has 1 amide bonds. The van der Waals surface area contributed by atoms with Crippen LogP contribution in [0.3, 0.4) is 0 Å². The molecule has 2 aliphatic carbocycles. The lowest BCUT2D eigenvalue weighted by atomic mass is 9.68. The SMILES string of the molecule is CC#CC(=O)N(c1ccc(NC)c(/C(=C\C)O[C@@H]2CC[C@H](C(=O)O)C(C)(C)C2)n1)c1cc(C)c(C)cc1C1CC1. The van der Waals surface area contributed by atoms with Crippen molar-refractivity contribution >= 4 is 34.8 Å². The number of carboxylic acids is 1. The van der Waals surface area contributed by atoms with Crippen molar-refractivity contribution < 1.29 is 19.4 Å². The van der Waals surface area contributed by atoms with Crippen LogP contribution in [0.15, 0.2) is 30.3 Å². The lowest BCUT2D eigenvalue weighted by Crippen LogP contribution is -2.39. The van der Waals surface area contributed by atoms with Gasteiger partial charge in [-0.2, -0.15) is 0 Å². The van der Waals surface area contributed by atoms with Crippen LogP contribution in [0.25, 0.3) is 5.76 Å². The van der Waals surface area contributed by atoms with E-state index < -0.39 is 11.9 Å². The van der Waals surface area contributed by atoms with Gasteiger partial charge in [-0.1, -0.05) is 25.8 Å². The number of amides is 1. The van der Waals surface area contributed by atoms with Crippen molar-refractivity contribution in [3.05, 3.63) is 52.7 Å². The predicted molar refractivity (Wildman–Crippen MR) is 160 cm³/mol. The minimum absolute atomic E-state index is 0.142. The Hall–Kier alpha value is -3.79. The van der Waals surface area contributed by atoms with E-state index >= 15 is 0 Å². The standard InChI is InChI=1S/C33H41N3O4/c1-8-10-30(37)36(27-18-21(4)20(3)17-24(27)22-11-12-22)29-16-15-26(34-7)31(35-29)28(9-2)40-23-13-14-25(32(38)39)33(5,6)19-23/h9,15-18,22-23,25,34H,11-14,19H2,1-7H3,(H,38,39)/b28-9+/t23-,25-/m1/s1. The summed E-state index contributed by atoms with van der Waals surface area (Å²) in [6.45, 7) is 11.7. The number of allylic oxidation sites excluding steroid dienone is 1. The molecule has 40 heavy (non-hydrogen) atoms. The molecule has 0 unspecified atom stereocenters. The molecule has 0 spiro atoms. The summed E-state index contributed by atoms with van der Waals surface area (Å²) < 4.78 is 6.52. The molecule has 7 heteroatoms. The Labute approximate surface area is 238 Å². The van der Waals surface area contributed by atoms with E-state index in [2.05, 4.69) is 43.1 Å². The second-order valence-corrected chi connectivity index (χ2v) is 11.7. The summed E-state index contributed by atoms with van der Waals surface area (Å²) in [6.07, 6.45) is 5.78. The molecule has 0 radical (unpaired) electrons. The van der Waals surface area contributed by atoms with Gasteiger partial charge in [0, 0.05) is 7.05 Å². The number of rotatable bonds is 8. The zero-order valence-electron chi connectivity index (χ0n) is 24.7. The maximum atomic E-state index is 13.5. The number of aromatic nitrogens is 1. The third-order valence-corrected chi connectivity index (χ3v) is 8.28. The first-order chi connectivity index (χ1) is 19.0. The Morgan fingerprint density at radius 2 is 1.85 bits per heavy atom. The van der Waals surface area contributed by atoms with Crippen molar-refractivity contribution in [2.24, 2.45) is 11.3 Å². The van der Waals surface area contributed by atoms with Gasteiger partial charge in [0.1, 0.15) is 17.3 Å². The number of ether oxygens (including phenoxy) is 1. The van der Waals surface area contributed by atoms with Gasteiger partial charge in [-0.15, -0.1) is 0 Å². The number of pyridine rings is 1. The predicted octanol–water partition coefficient (Wildman–Crippen LogP) is 6.96. The smallest absolute Gasteiger partial charge is 0.308 e. The third kappa shape index (κ3) is 6.01. The van der Waals surface area contributed by atoms with E-state index in [4.69, 9.17) is 9.72 Å². The topological polar surface area (TPSA) is 91.8 Å². The van der Waals surface area contributed by atoms with E-state index in [9.17, 15) is 14.7 Å². The van der Waals surface area contributed by atoms with Gasteiger partial charge in [-0.25, -0.2) is 4.98 Å². The first-order valence-corrected chi connectivity index (χ1v) is 14.1. The Morgan fingerprint density at radius 1 is 1.15 bits per heavy atom. The Morgan fingerprint density at radius 3 is 2.42 bits per heavy atom. The zero-order valence-corrected chi connectivity index (χ0v) is 24.7. The highest BCUT2D eigenvalue weighted by Crippen LogP contribution is 2.47. The molecule has 0 saturated heterocycles. The van der Waals surface area contributed by atoms with Crippen molar-refractivity contribution in [2.45, 2.75) is 85.7 Å². The highest BCUT2D eigenvalue weighted by molar-refractivity contribution is 6.11. The van der Waals surface area contributed by atoms with E-state index in [0.29, 0.717) is 42.5 Å². The molecule has 212 valence electrons. The van der Waals surface area contributed by atoms with Crippen molar-refractivity contribution in [2.75, 3.05) is 17.3 Å². The van der Waals surface area contributed by atoms with Crippen LogP contribution < -0.4 is 10.2 Å². The van der Waals surface area contributed by atoms with Crippen LogP contribution in [-0.2, 0) is 14.3 Å². The van der Waals surface area contributed by atoms with Crippen LogP contribution in [-0.4, -0.2) is 35.1 Å². The average molecular weight is 544 g/mol. The Kier molecular flexibility index (Phi) is 8.58. The fraction of sp³-hybridized carbons (Fsp3) is 0.485. The first-order valence-electron chi connectivity index (χ1n) is 14.1. The molecule has 2 saturated carbocycles. The monoisotopic (exact) mass is 543 g/mol. The Bertz CT molecular complexity index is 1390. The molecule has 7 nitrogen and oxygen atoms in total. The van der Waals surface area contributed by atoms with Gasteiger partial charge in [0.05, 0.1) is 23.4 Å². The van der Waals surface area contributed by atoms with Crippen molar-refractivity contribution in [3.8, 4) is 11.8 Å². The quantitative estimate of drug-likeness (QED) is 0.276. The summed E-state index contributed by atoms with van der Waals surface area (Å²) in [4.78, 5) is 31.9. The highest BCUT2D eigenvalue weighted by atomic mass is 16.5. The average Bonchev–Trinajstić information content (AvgIpc) is 3.74. The van der Waals surface area contributed by atoms with Gasteiger partial charge in [0.25, 0.3) is 0 Å². The number of carbonyl (C=O) groups is 2. The second-order valence-electron chi connectivity index (χ2n) is 11.7. The summed E-state index contributed by atoms with van der Waals surface area (Å²) in [5.74, 6) is 5.51. The maximum absolute atomic E-state index is 13.5. The van der Waals surface area contributed by atoms with Crippen molar-refractivity contribution in [1.29, 1.82) is 0 Å². The highest BCUT2D eigenvalue weighted by Gasteiger charge is 2.42. The number of nitrogens with one attached hydrogen (secondary N) is 1. The summed E-state index contributed by atoms with van der Waals surface area (Å²) >= 11 is 0. The number of anilines is 3. The van der Waals surface area contributed by atoms with Crippen LogP contribution in [0.2, 0.25) is 0 Å². The number of aliphatic carboxylic acids is 1. The van der Waals surface area contributed by atoms with E-state index in [0.717, 1.165) is 35.3 Å². The van der Waals surface area contributed by atoms with E-state index in [1.807, 2.05) is 46.0 Å². The van der Waals surface area contributed by atoms with E-state index in [1.54, 1.807) is 11.8 Å². The normalized spacial score (nSPS) is 20.2. The van der Waals surface area contributed by atoms with Crippen LogP contribution in [0.1, 0.15) is 88.1 Å². The molecule has 2 aromatic rings. The number of aryl methyl sites for hydroxylation is 2. The van der Waals surface area contributed by atoms with Crippen LogP contribution in [0.5, 0.6) is 0 Å². The summed E-state index contributed by atoms with van der Waals surface area (Å²) in [5, 5.41) is 12.9. The second kappa shape index (κ2) is 11.8. The molecule has 2 aliphatic rings. The fourth-order valence-electron chi connectivity index (χ4n) is 5.77. The van der Waals surface area contributed by atoms with Gasteiger partial charge in [-0.05, 0) is 118 Å². The zero-order chi connectivity index (χ0) is 29.2. The number of nitrogens with zero attached hydrogens (tertiary/aromatic N) is 2. The lowest BCUT2D eigenvalue weighted by molar-refractivity contribution is -0.149. The number of carbonyl (C=O) groups excluding carboxylic acids is 1. The molecular weight excluding hydrogens is 502 g/mol. The van der Waals surface area contributed by atoms with Crippen LogP contribution in [0.4, 0.5) is 17.2 Å². The molecule has 1 aromatic carbocycles. The minimum atomic E-state index is -0.751. The lowest BCUT2D eigenvalue weighted by Gasteiger charge is -2.40. The minimum Gasteiger partial charge on any atom is -0.488 e. The van der Waals surface area contributed by atoms with Crippen molar-refractivity contribution in [3.63, 3.8) is 0 Å². The van der Waals surface area contributed by atoms with Gasteiger partial charge in [0.15, 0.2) is 0 Å². The fourth-order valence-corrected chi connectivity index (χ4v) is 5.77. The number of hydrogen-bond donors (Lipinski definition) is 2. The first kappa shape index (κ1) is 29.2. The molecule has 2 atom stereocenters. The maximum Gasteiger partial charge on any atom is 0.308 e. The van der Waals surface area contributed by atoms with E-state index in [1.165, 1.54) is 5.56 Å². The number of benzene rings is 1. The van der Waals surface area contributed by atoms with Gasteiger partial charge < -0.3 is 15.2 Å². The summed E-state index contributed by atoms with van der Waals surface area (Å²) in [6, 6.07) is 8.01. The molecular formula is C33H41N3O4. The van der Waals surface area contributed by atoms with Crippen LogP contribution >= 0.6 is 0 Å². The molecule has 0 bridgehead atoms. The largest absolute Gasteiger partial charge is 0.488 e.